The second-order valence-corrected chi connectivity index (χ2v) is 5.09. The van der Waals surface area contributed by atoms with Crippen LogP contribution in [0.15, 0.2) is 54.6 Å². The number of rotatable bonds is 6. The lowest BCUT2D eigenvalue weighted by Gasteiger charge is -2.22. The molecule has 1 atom stereocenters. The van der Waals surface area contributed by atoms with Crippen LogP contribution in [0.4, 0.5) is 0 Å². The summed E-state index contributed by atoms with van der Waals surface area (Å²) < 4.78 is 5.64. The van der Waals surface area contributed by atoms with Crippen LogP contribution < -0.4 is 4.74 Å². The second-order valence-electron chi connectivity index (χ2n) is 5.09. The van der Waals surface area contributed by atoms with E-state index in [4.69, 9.17) is 4.74 Å². The Balaban J connectivity index is 2.07. The van der Waals surface area contributed by atoms with Gasteiger partial charge in [0.05, 0.1) is 6.61 Å². The standard InChI is InChI=1S/C17H18O4/c1-17(12-18,16(19)20)14-7-9-15(10-8-14)21-11-13-5-3-2-4-6-13/h2-10,18H,11-12H2,1H3,(H,19,20). The van der Waals surface area contributed by atoms with Gasteiger partial charge in [0.2, 0.25) is 0 Å². The van der Waals surface area contributed by atoms with Crippen molar-refractivity contribution in [2.24, 2.45) is 0 Å². The fraction of sp³-hybridized carbons (Fsp3) is 0.235. The first kappa shape index (κ1) is 15.1. The maximum Gasteiger partial charge on any atom is 0.316 e. The lowest BCUT2D eigenvalue weighted by molar-refractivity contribution is -0.144. The van der Waals surface area contributed by atoms with E-state index in [0.29, 0.717) is 17.9 Å². The van der Waals surface area contributed by atoms with Crippen LogP contribution in [0, 0.1) is 0 Å². The quantitative estimate of drug-likeness (QED) is 0.856. The van der Waals surface area contributed by atoms with Crippen LogP contribution in [0.1, 0.15) is 18.1 Å². The Kier molecular flexibility index (Phi) is 4.60. The third-order valence-corrected chi connectivity index (χ3v) is 3.53. The van der Waals surface area contributed by atoms with Crippen molar-refractivity contribution in [3.63, 3.8) is 0 Å². The normalized spacial score (nSPS) is 13.4. The van der Waals surface area contributed by atoms with Crippen molar-refractivity contribution in [2.45, 2.75) is 18.9 Å². The molecule has 0 aliphatic carbocycles. The van der Waals surface area contributed by atoms with Crippen molar-refractivity contribution >= 4 is 5.97 Å². The molecule has 2 aromatic rings. The van der Waals surface area contributed by atoms with E-state index in [1.165, 1.54) is 6.92 Å². The van der Waals surface area contributed by atoms with Crippen LogP contribution in [0.25, 0.3) is 0 Å². The van der Waals surface area contributed by atoms with Crippen LogP contribution in [-0.4, -0.2) is 22.8 Å². The van der Waals surface area contributed by atoms with E-state index >= 15 is 0 Å². The Labute approximate surface area is 123 Å². The zero-order valence-electron chi connectivity index (χ0n) is 11.8. The monoisotopic (exact) mass is 286 g/mol. The predicted octanol–water partition coefficient (Wildman–Crippen LogP) is 2.60. The molecule has 0 spiro atoms. The molecule has 0 amide bonds. The summed E-state index contributed by atoms with van der Waals surface area (Å²) in [5.74, 6) is -0.392. The highest BCUT2D eigenvalue weighted by molar-refractivity contribution is 5.81. The van der Waals surface area contributed by atoms with Gasteiger partial charge >= 0.3 is 5.97 Å². The summed E-state index contributed by atoms with van der Waals surface area (Å²) in [6.07, 6.45) is 0. The number of aliphatic carboxylic acids is 1. The van der Waals surface area contributed by atoms with Gasteiger partial charge in [-0.1, -0.05) is 42.5 Å². The lowest BCUT2D eigenvalue weighted by atomic mass is 9.83. The van der Waals surface area contributed by atoms with Gasteiger partial charge in [0, 0.05) is 0 Å². The van der Waals surface area contributed by atoms with E-state index in [1.807, 2.05) is 30.3 Å². The molecule has 110 valence electrons. The molecular weight excluding hydrogens is 268 g/mol. The number of benzene rings is 2. The first-order chi connectivity index (χ1) is 10.1. The fourth-order valence-corrected chi connectivity index (χ4v) is 1.94. The molecule has 2 aromatic carbocycles. The zero-order chi connectivity index (χ0) is 15.3. The summed E-state index contributed by atoms with van der Waals surface area (Å²) in [6.45, 7) is 1.50. The van der Waals surface area contributed by atoms with E-state index in [0.717, 1.165) is 5.56 Å². The number of carboxylic acid groups (broad SMARTS) is 1. The predicted molar refractivity (Wildman–Crippen MR) is 79.3 cm³/mol. The minimum absolute atomic E-state index is 0.452. The lowest BCUT2D eigenvalue weighted by Crippen LogP contribution is -2.36. The van der Waals surface area contributed by atoms with Gasteiger partial charge in [-0.25, -0.2) is 0 Å². The summed E-state index contributed by atoms with van der Waals surface area (Å²) in [5, 5.41) is 18.5. The molecule has 2 rings (SSSR count). The highest BCUT2D eigenvalue weighted by atomic mass is 16.5. The number of hydrogen-bond acceptors (Lipinski definition) is 3. The van der Waals surface area contributed by atoms with E-state index in [9.17, 15) is 15.0 Å². The highest BCUT2D eigenvalue weighted by Gasteiger charge is 2.34. The van der Waals surface area contributed by atoms with E-state index in [2.05, 4.69) is 0 Å². The molecule has 0 aliphatic rings. The molecule has 2 N–H and O–H groups in total. The molecule has 0 saturated carbocycles. The van der Waals surface area contributed by atoms with Crippen LogP contribution in [0.5, 0.6) is 5.75 Å². The van der Waals surface area contributed by atoms with Crippen molar-refractivity contribution in [3.8, 4) is 5.75 Å². The molecule has 21 heavy (non-hydrogen) atoms. The SMILES string of the molecule is CC(CO)(C(=O)O)c1ccc(OCc2ccccc2)cc1. The minimum Gasteiger partial charge on any atom is -0.489 e. The molecule has 4 heteroatoms. The molecule has 4 nitrogen and oxygen atoms in total. The van der Waals surface area contributed by atoms with Gasteiger partial charge in [0.15, 0.2) is 0 Å². The smallest absolute Gasteiger partial charge is 0.316 e. The molecule has 0 aliphatic heterocycles. The Bertz CT molecular complexity index is 592. The number of aliphatic hydroxyl groups is 1. The highest BCUT2D eigenvalue weighted by Crippen LogP contribution is 2.26. The van der Waals surface area contributed by atoms with Gasteiger partial charge in [-0.05, 0) is 30.2 Å². The Morgan fingerprint density at radius 2 is 1.71 bits per heavy atom. The van der Waals surface area contributed by atoms with Crippen molar-refractivity contribution in [2.75, 3.05) is 6.61 Å². The number of aliphatic hydroxyl groups excluding tert-OH is 1. The van der Waals surface area contributed by atoms with E-state index in [-0.39, 0.29) is 0 Å². The van der Waals surface area contributed by atoms with Gasteiger partial charge in [-0.2, -0.15) is 0 Å². The summed E-state index contributed by atoms with van der Waals surface area (Å²) in [6, 6.07) is 16.6. The number of carbonyl (C=O) groups is 1. The second kappa shape index (κ2) is 6.41. The fourth-order valence-electron chi connectivity index (χ4n) is 1.94. The molecule has 0 saturated heterocycles. The van der Waals surface area contributed by atoms with Crippen LogP contribution >= 0.6 is 0 Å². The number of hydrogen-bond donors (Lipinski definition) is 2. The van der Waals surface area contributed by atoms with Crippen molar-refractivity contribution in [1.82, 2.24) is 0 Å². The van der Waals surface area contributed by atoms with E-state index < -0.39 is 18.0 Å². The first-order valence-corrected chi connectivity index (χ1v) is 6.68. The third kappa shape index (κ3) is 3.41. The van der Waals surface area contributed by atoms with Crippen molar-refractivity contribution < 1.29 is 19.7 Å². The molecule has 0 heterocycles. The van der Waals surface area contributed by atoms with Crippen LogP contribution in [0.2, 0.25) is 0 Å². The first-order valence-electron chi connectivity index (χ1n) is 6.68. The topological polar surface area (TPSA) is 66.8 Å². The molecule has 1 unspecified atom stereocenters. The van der Waals surface area contributed by atoms with Gasteiger partial charge in [-0.3, -0.25) is 4.79 Å². The van der Waals surface area contributed by atoms with E-state index in [1.54, 1.807) is 24.3 Å². The van der Waals surface area contributed by atoms with Gasteiger partial charge < -0.3 is 14.9 Å². The summed E-state index contributed by atoms with van der Waals surface area (Å²) >= 11 is 0. The molecule has 0 radical (unpaired) electrons. The van der Waals surface area contributed by atoms with Crippen LogP contribution in [0.3, 0.4) is 0 Å². The van der Waals surface area contributed by atoms with Crippen molar-refractivity contribution in [1.29, 1.82) is 0 Å². The van der Waals surface area contributed by atoms with Crippen molar-refractivity contribution in [3.05, 3.63) is 65.7 Å². The molecule has 0 aromatic heterocycles. The molecule has 0 fully saturated rings. The summed E-state index contributed by atoms with van der Waals surface area (Å²) in [5.41, 5.74) is 0.315. The number of carboxylic acids is 1. The largest absolute Gasteiger partial charge is 0.489 e. The Morgan fingerprint density at radius 3 is 2.24 bits per heavy atom. The maximum atomic E-state index is 11.3. The average Bonchev–Trinajstić information content (AvgIpc) is 2.53. The molecular formula is C17H18O4. The van der Waals surface area contributed by atoms with Gasteiger partial charge in [0.1, 0.15) is 17.8 Å². The maximum absolute atomic E-state index is 11.3. The van der Waals surface area contributed by atoms with Gasteiger partial charge in [-0.15, -0.1) is 0 Å². The Hall–Kier alpha value is -2.33. The third-order valence-electron chi connectivity index (χ3n) is 3.53. The number of ether oxygens (including phenoxy) is 1. The minimum atomic E-state index is -1.29. The molecule has 0 bridgehead atoms. The summed E-state index contributed by atoms with van der Waals surface area (Å²) in [7, 11) is 0. The van der Waals surface area contributed by atoms with Gasteiger partial charge in [0.25, 0.3) is 0 Å². The summed E-state index contributed by atoms with van der Waals surface area (Å²) in [4.78, 5) is 11.3. The Morgan fingerprint density at radius 1 is 1.10 bits per heavy atom. The van der Waals surface area contributed by atoms with Crippen LogP contribution in [-0.2, 0) is 16.8 Å². The average molecular weight is 286 g/mol. The zero-order valence-corrected chi connectivity index (χ0v) is 11.8.